The maximum atomic E-state index is 10.9. The number of halogens is 1. The van der Waals surface area contributed by atoms with Gasteiger partial charge in [0.15, 0.2) is 0 Å². The summed E-state index contributed by atoms with van der Waals surface area (Å²) in [6.07, 6.45) is 1.46. The Kier molecular flexibility index (Phi) is 2.64. The number of H-pyrrole nitrogens is 1. The Balaban J connectivity index is 2.92. The van der Waals surface area contributed by atoms with E-state index in [-0.39, 0.29) is 0 Å². The molecule has 1 heterocycles. The smallest absolute Gasteiger partial charge is 0.356 e. The zero-order valence-electron chi connectivity index (χ0n) is 5.93. The number of carbonyl (C=O) groups is 1. The molecule has 0 unspecified atom stereocenters. The molecule has 0 radical (unpaired) electrons. The van der Waals surface area contributed by atoms with Crippen molar-refractivity contribution in [3.05, 3.63) is 17.7 Å². The first-order chi connectivity index (χ1) is 5.29. The number of rotatable bonds is 2. The van der Waals surface area contributed by atoms with Gasteiger partial charge in [-0.2, -0.15) is 0 Å². The van der Waals surface area contributed by atoms with E-state index in [1.165, 1.54) is 13.4 Å². The van der Waals surface area contributed by atoms with Crippen molar-refractivity contribution in [1.29, 1.82) is 0 Å². The summed E-state index contributed by atoms with van der Waals surface area (Å²) in [7, 11) is 1.33. The van der Waals surface area contributed by atoms with Crippen molar-refractivity contribution in [2.45, 2.75) is 5.33 Å². The van der Waals surface area contributed by atoms with Crippen LogP contribution in [0.4, 0.5) is 0 Å². The van der Waals surface area contributed by atoms with Crippen LogP contribution < -0.4 is 0 Å². The van der Waals surface area contributed by atoms with E-state index in [1.54, 1.807) is 0 Å². The van der Waals surface area contributed by atoms with E-state index in [2.05, 4.69) is 30.6 Å². The molecule has 11 heavy (non-hydrogen) atoms. The lowest BCUT2D eigenvalue weighted by Crippen LogP contribution is -2.04. The number of methoxy groups -OCH3 is 1. The predicted octanol–water partition coefficient (Wildman–Crippen LogP) is 1.09. The number of hydrogen-bond acceptors (Lipinski definition) is 3. The summed E-state index contributed by atoms with van der Waals surface area (Å²) in [6, 6.07) is 0. The molecule has 1 rings (SSSR count). The number of ether oxygens (including phenoxy) is 1. The second-order valence-corrected chi connectivity index (χ2v) is 2.41. The highest BCUT2D eigenvalue weighted by Gasteiger charge is 2.12. The van der Waals surface area contributed by atoms with Crippen molar-refractivity contribution in [2.24, 2.45) is 0 Å². The number of hydrogen-bond donors (Lipinski definition) is 1. The van der Waals surface area contributed by atoms with Crippen LogP contribution in [0.2, 0.25) is 0 Å². The molecule has 5 heteroatoms. The third kappa shape index (κ3) is 1.59. The third-order valence-corrected chi connectivity index (χ3v) is 1.77. The Hall–Kier alpha value is -0.840. The van der Waals surface area contributed by atoms with Crippen molar-refractivity contribution in [1.82, 2.24) is 9.97 Å². The van der Waals surface area contributed by atoms with Gasteiger partial charge in [-0.05, 0) is 0 Å². The van der Waals surface area contributed by atoms with Crippen LogP contribution in [0.5, 0.6) is 0 Å². The maximum Gasteiger partial charge on any atom is 0.356 e. The van der Waals surface area contributed by atoms with Crippen LogP contribution in [0.1, 0.15) is 16.2 Å². The summed E-state index contributed by atoms with van der Waals surface area (Å²) < 4.78 is 4.51. The molecule has 0 aliphatic carbocycles. The van der Waals surface area contributed by atoms with Crippen LogP contribution in [0.3, 0.4) is 0 Å². The van der Waals surface area contributed by atoms with E-state index >= 15 is 0 Å². The first-order valence-electron chi connectivity index (χ1n) is 2.96. The molecule has 0 spiro atoms. The van der Waals surface area contributed by atoms with Crippen molar-refractivity contribution < 1.29 is 9.53 Å². The number of nitrogens with one attached hydrogen (secondary N) is 1. The summed E-state index contributed by atoms with van der Waals surface area (Å²) in [5, 5.41) is 0.543. The van der Waals surface area contributed by atoms with Crippen LogP contribution in [-0.4, -0.2) is 23.0 Å². The Bertz CT molecular complexity index is 259. The van der Waals surface area contributed by atoms with Crippen LogP contribution in [0.15, 0.2) is 6.33 Å². The molecule has 0 fully saturated rings. The minimum absolute atomic E-state index is 0.392. The number of imidazole rings is 1. The van der Waals surface area contributed by atoms with Crippen molar-refractivity contribution in [3.63, 3.8) is 0 Å². The highest BCUT2D eigenvalue weighted by molar-refractivity contribution is 9.08. The first kappa shape index (κ1) is 8.26. The van der Waals surface area contributed by atoms with Gasteiger partial charge < -0.3 is 9.72 Å². The summed E-state index contributed by atoms with van der Waals surface area (Å²) in [4.78, 5) is 17.5. The monoisotopic (exact) mass is 218 g/mol. The lowest BCUT2D eigenvalue weighted by molar-refractivity contribution is 0.0594. The van der Waals surface area contributed by atoms with Crippen LogP contribution >= 0.6 is 15.9 Å². The molecular weight excluding hydrogens is 212 g/mol. The second-order valence-electron chi connectivity index (χ2n) is 1.85. The van der Waals surface area contributed by atoms with E-state index in [4.69, 9.17) is 0 Å². The second kappa shape index (κ2) is 3.52. The van der Waals surface area contributed by atoms with Gasteiger partial charge in [0.2, 0.25) is 0 Å². The highest BCUT2D eigenvalue weighted by atomic mass is 79.9. The van der Waals surface area contributed by atoms with E-state index in [9.17, 15) is 4.79 Å². The van der Waals surface area contributed by atoms with Crippen LogP contribution in [0, 0.1) is 0 Å². The SMILES string of the molecule is COC(=O)c1[nH]cnc1CBr. The molecule has 4 nitrogen and oxygen atoms in total. The molecule has 0 amide bonds. The number of nitrogens with zero attached hydrogens (tertiary/aromatic N) is 1. The van der Waals surface area contributed by atoms with Gasteiger partial charge in [0.05, 0.1) is 19.1 Å². The van der Waals surface area contributed by atoms with Gasteiger partial charge in [-0.25, -0.2) is 9.78 Å². The van der Waals surface area contributed by atoms with Gasteiger partial charge in [-0.15, -0.1) is 0 Å². The first-order valence-corrected chi connectivity index (χ1v) is 4.08. The number of alkyl halides is 1. The zero-order valence-corrected chi connectivity index (χ0v) is 7.51. The molecule has 0 saturated heterocycles. The fourth-order valence-electron chi connectivity index (χ4n) is 0.703. The molecule has 0 aliphatic heterocycles. The summed E-state index contributed by atoms with van der Waals surface area (Å²) in [5.41, 5.74) is 1.07. The fourth-order valence-corrected chi connectivity index (χ4v) is 1.13. The van der Waals surface area contributed by atoms with E-state index in [1.807, 2.05) is 0 Å². The third-order valence-electron chi connectivity index (χ3n) is 1.23. The zero-order chi connectivity index (χ0) is 8.27. The lowest BCUT2D eigenvalue weighted by Gasteiger charge is -1.95. The molecule has 0 bridgehead atoms. The van der Waals surface area contributed by atoms with Gasteiger partial charge in [-0.1, -0.05) is 15.9 Å². The Morgan fingerprint density at radius 2 is 2.64 bits per heavy atom. The minimum Gasteiger partial charge on any atom is -0.464 e. The Morgan fingerprint density at radius 1 is 1.91 bits per heavy atom. The van der Waals surface area contributed by atoms with Gasteiger partial charge in [-0.3, -0.25) is 0 Å². The predicted molar refractivity (Wildman–Crippen MR) is 42.6 cm³/mol. The van der Waals surface area contributed by atoms with E-state index in [0.717, 1.165) is 0 Å². The topological polar surface area (TPSA) is 55.0 Å². The standard InChI is InChI=1S/C6H7BrN2O2/c1-11-6(10)5-4(2-7)8-3-9-5/h3H,2H2,1H3,(H,8,9). The average molecular weight is 219 g/mol. The lowest BCUT2D eigenvalue weighted by atomic mass is 10.3. The number of aromatic amines is 1. The summed E-state index contributed by atoms with van der Waals surface area (Å²) in [6.45, 7) is 0. The summed E-state index contributed by atoms with van der Waals surface area (Å²) >= 11 is 3.19. The van der Waals surface area contributed by atoms with Gasteiger partial charge >= 0.3 is 5.97 Å². The number of esters is 1. The molecule has 0 aliphatic rings. The van der Waals surface area contributed by atoms with E-state index < -0.39 is 5.97 Å². The van der Waals surface area contributed by atoms with E-state index in [0.29, 0.717) is 16.7 Å². The Morgan fingerprint density at radius 3 is 3.18 bits per heavy atom. The van der Waals surface area contributed by atoms with Crippen molar-refractivity contribution >= 4 is 21.9 Å². The number of aromatic nitrogens is 2. The number of carbonyl (C=O) groups excluding carboxylic acids is 1. The average Bonchev–Trinajstić information content (AvgIpc) is 2.50. The van der Waals surface area contributed by atoms with Crippen LogP contribution in [-0.2, 0) is 10.1 Å². The van der Waals surface area contributed by atoms with Crippen LogP contribution in [0.25, 0.3) is 0 Å². The molecule has 1 aromatic rings. The molecule has 0 aromatic carbocycles. The maximum absolute atomic E-state index is 10.9. The summed E-state index contributed by atoms with van der Waals surface area (Å²) in [5.74, 6) is -0.392. The van der Waals surface area contributed by atoms with Gasteiger partial charge in [0.1, 0.15) is 5.69 Å². The van der Waals surface area contributed by atoms with Crippen molar-refractivity contribution in [2.75, 3.05) is 7.11 Å². The van der Waals surface area contributed by atoms with Crippen molar-refractivity contribution in [3.8, 4) is 0 Å². The molecular formula is C6H7BrN2O2. The highest BCUT2D eigenvalue weighted by Crippen LogP contribution is 2.07. The van der Waals surface area contributed by atoms with Gasteiger partial charge in [0.25, 0.3) is 0 Å². The largest absolute Gasteiger partial charge is 0.464 e. The molecule has 1 N–H and O–H groups in total. The molecule has 60 valence electrons. The Labute approximate surface area is 72.1 Å². The quantitative estimate of drug-likeness (QED) is 0.598. The fraction of sp³-hybridized carbons (Fsp3) is 0.333. The molecule has 0 atom stereocenters. The normalized spacial score (nSPS) is 9.64. The molecule has 1 aromatic heterocycles. The minimum atomic E-state index is -0.392. The van der Waals surface area contributed by atoms with Gasteiger partial charge in [0, 0.05) is 5.33 Å². The molecule has 0 saturated carbocycles.